The molecule has 1 unspecified atom stereocenters. The maximum absolute atomic E-state index is 12.9. The molecule has 2 aliphatic rings. The molecule has 2 saturated heterocycles. The number of nitrogens with zero attached hydrogens (tertiary/aromatic N) is 4. The third kappa shape index (κ3) is 3.51. The molecule has 5 nitrogen and oxygen atoms in total. The number of aromatic nitrogens is 1. The SMILES string of the molecule is CN1CCN(C(=O)C2CCCN(Cc3cc4ccccc4n3C)C2)CC1. The fourth-order valence-corrected chi connectivity index (χ4v) is 4.41. The Hall–Kier alpha value is -1.85. The molecule has 1 amide bonds. The van der Waals surface area contributed by atoms with Crippen LogP contribution < -0.4 is 0 Å². The second-order valence-electron chi connectivity index (χ2n) is 7.96. The number of hydrogen-bond acceptors (Lipinski definition) is 3. The number of rotatable bonds is 3. The predicted molar refractivity (Wildman–Crippen MR) is 105 cm³/mol. The molecule has 2 fully saturated rings. The van der Waals surface area contributed by atoms with Gasteiger partial charge in [-0.3, -0.25) is 9.69 Å². The van der Waals surface area contributed by atoms with Crippen molar-refractivity contribution >= 4 is 16.8 Å². The fourth-order valence-electron chi connectivity index (χ4n) is 4.41. The summed E-state index contributed by atoms with van der Waals surface area (Å²) in [4.78, 5) is 19.8. The lowest BCUT2D eigenvalue weighted by Crippen LogP contribution is -2.51. The largest absolute Gasteiger partial charge is 0.346 e. The van der Waals surface area contributed by atoms with E-state index in [9.17, 15) is 4.79 Å². The minimum atomic E-state index is 0.168. The van der Waals surface area contributed by atoms with Gasteiger partial charge >= 0.3 is 0 Å². The molecular weight excluding hydrogens is 324 g/mol. The van der Waals surface area contributed by atoms with Crippen LogP contribution >= 0.6 is 0 Å². The zero-order valence-electron chi connectivity index (χ0n) is 16.0. The number of fused-ring (bicyclic) bond motifs is 1. The molecule has 1 aromatic carbocycles. The second-order valence-corrected chi connectivity index (χ2v) is 7.96. The third-order valence-corrected chi connectivity index (χ3v) is 6.11. The van der Waals surface area contributed by atoms with Crippen molar-refractivity contribution < 1.29 is 4.79 Å². The summed E-state index contributed by atoms with van der Waals surface area (Å²) in [6.07, 6.45) is 2.16. The summed E-state index contributed by atoms with van der Waals surface area (Å²) in [6.45, 7) is 6.68. The van der Waals surface area contributed by atoms with Gasteiger partial charge in [-0.1, -0.05) is 18.2 Å². The van der Waals surface area contributed by atoms with Crippen LogP contribution in [0.3, 0.4) is 0 Å². The first-order chi connectivity index (χ1) is 12.6. The standard InChI is InChI=1S/C21H30N4O/c1-22-10-12-25(13-11-22)21(26)18-7-5-9-24(15-18)16-19-14-17-6-3-4-8-20(17)23(19)2/h3-4,6,8,14,18H,5,7,9-13,15-16H2,1-2H3. The molecule has 0 bridgehead atoms. The molecule has 2 aliphatic heterocycles. The van der Waals surface area contributed by atoms with Gasteiger partial charge in [0.2, 0.25) is 5.91 Å². The molecule has 0 N–H and O–H groups in total. The summed E-state index contributed by atoms with van der Waals surface area (Å²) in [5, 5.41) is 1.30. The number of hydrogen-bond donors (Lipinski definition) is 0. The Labute approximate surface area is 156 Å². The first-order valence-corrected chi connectivity index (χ1v) is 9.85. The second kappa shape index (κ2) is 7.41. The van der Waals surface area contributed by atoms with Crippen molar-refractivity contribution in [2.75, 3.05) is 46.3 Å². The molecule has 0 aliphatic carbocycles. The van der Waals surface area contributed by atoms with E-state index in [4.69, 9.17) is 0 Å². The number of aryl methyl sites for hydroxylation is 1. The smallest absolute Gasteiger partial charge is 0.227 e. The summed E-state index contributed by atoms with van der Waals surface area (Å²) < 4.78 is 2.29. The molecule has 5 heteroatoms. The van der Waals surface area contributed by atoms with Crippen LogP contribution in [0.2, 0.25) is 0 Å². The highest BCUT2D eigenvalue weighted by molar-refractivity contribution is 5.81. The number of carbonyl (C=O) groups is 1. The third-order valence-electron chi connectivity index (χ3n) is 6.11. The molecule has 1 aromatic heterocycles. The van der Waals surface area contributed by atoms with E-state index in [-0.39, 0.29) is 5.92 Å². The normalized spacial score (nSPS) is 22.8. The van der Waals surface area contributed by atoms with Crippen LogP contribution in [0.1, 0.15) is 18.5 Å². The first-order valence-electron chi connectivity index (χ1n) is 9.85. The van der Waals surface area contributed by atoms with Crippen molar-refractivity contribution in [1.29, 1.82) is 0 Å². The molecule has 2 aromatic rings. The molecular formula is C21H30N4O. The quantitative estimate of drug-likeness (QED) is 0.847. The minimum Gasteiger partial charge on any atom is -0.346 e. The van der Waals surface area contributed by atoms with Gasteiger partial charge < -0.3 is 14.4 Å². The lowest BCUT2D eigenvalue weighted by Gasteiger charge is -2.38. The van der Waals surface area contributed by atoms with Gasteiger partial charge in [0.25, 0.3) is 0 Å². The summed E-state index contributed by atoms with van der Waals surface area (Å²) >= 11 is 0. The molecule has 0 saturated carbocycles. The van der Waals surface area contributed by atoms with E-state index in [1.807, 2.05) is 0 Å². The van der Waals surface area contributed by atoms with Crippen molar-refractivity contribution in [2.24, 2.45) is 13.0 Å². The lowest BCUT2D eigenvalue weighted by atomic mass is 9.96. The molecule has 3 heterocycles. The van der Waals surface area contributed by atoms with Crippen LogP contribution in [0.15, 0.2) is 30.3 Å². The van der Waals surface area contributed by atoms with Crippen LogP contribution in [0.4, 0.5) is 0 Å². The average Bonchev–Trinajstić information content (AvgIpc) is 2.98. The van der Waals surface area contributed by atoms with Gasteiger partial charge in [0, 0.05) is 57.5 Å². The number of piperidine rings is 1. The number of likely N-dealkylation sites (tertiary alicyclic amines) is 1. The highest BCUT2D eigenvalue weighted by Gasteiger charge is 2.30. The number of para-hydroxylation sites is 1. The van der Waals surface area contributed by atoms with Crippen LogP contribution in [-0.4, -0.2) is 71.5 Å². The lowest BCUT2D eigenvalue weighted by molar-refractivity contribution is -0.139. The van der Waals surface area contributed by atoms with Crippen LogP contribution in [-0.2, 0) is 18.4 Å². The molecule has 1 atom stereocenters. The number of piperazine rings is 1. The predicted octanol–water partition coefficient (Wildman–Crippen LogP) is 2.16. The molecule has 140 valence electrons. The van der Waals surface area contributed by atoms with E-state index in [0.717, 1.165) is 58.7 Å². The number of benzene rings is 1. The van der Waals surface area contributed by atoms with Gasteiger partial charge in [-0.2, -0.15) is 0 Å². The van der Waals surface area contributed by atoms with Crippen molar-refractivity contribution in [2.45, 2.75) is 19.4 Å². The zero-order chi connectivity index (χ0) is 18.1. The monoisotopic (exact) mass is 354 g/mol. The maximum Gasteiger partial charge on any atom is 0.227 e. The van der Waals surface area contributed by atoms with Crippen molar-refractivity contribution in [3.05, 3.63) is 36.0 Å². The number of carbonyl (C=O) groups excluding carboxylic acids is 1. The highest BCUT2D eigenvalue weighted by atomic mass is 16.2. The van der Waals surface area contributed by atoms with Gasteiger partial charge in [0.1, 0.15) is 0 Å². The van der Waals surface area contributed by atoms with E-state index >= 15 is 0 Å². The van der Waals surface area contributed by atoms with Gasteiger partial charge in [0.05, 0.1) is 5.92 Å². The Bertz CT molecular complexity index is 775. The first kappa shape index (κ1) is 17.6. The van der Waals surface area contributed by atoms with Crippen molar-refractivity contribution in [3.63, 3.8) is 0 Å². The fraction of sp³-hybridized carbons (Fsp3) is 0.571. The molecule has 0 radical (unpaired) electrons. The van der Waals surface area contributed by atoms with E-state index in [1.54, 1.807) is 0 Å². The van der Waals surface area contributed by atoms with Gasteiger partial charge in [0.15, 0.2) is 0 Å². The summed E-state index contributed by atoms with van der Waals surface area (Å²) in [5.41, 5.74) is 2.61. The van der Waals surface area contributed by atoms with Gasteiger partial charge in [-0.15, -0.1) is 0 Å². The van der Waals surface area contributed by atoms with E-state index < -0.39 is 0 Å². The van der Waals surface area contributed by atoms with Crippen molar-refractivity contribution in [1.82, 2.24) is 19.3 Å². The Morgan fingerprint density at radius 2 is 1.85 bits per heavy atom. The Morgan fingerprint density at radius 3 is 2.62 bits per heavy atom. The van der Waals surface area contributed by atoms with Crippen LogP contribution in [0.5, 0.6) is 0 Å². The van der Waals surface area contributed by atoms with Crippen LogP contribution in [0.25, 0.3) is 10.9 Å². The molecule has 0 spiro atoms. The van der Waals surface area contributed by atoms with E-state index in [2.05, 4.69) is 63.7 Å². The average molecular weight is 354 g/mol. The van der Waals surface area contributed by atoms with Crippen LogP contribution in [0, 0.1) is 5.92 Å². The van der Waals surface area contributed by atoms with E-state index in [0.29, 0.717) is 5.91 Å². The summed E-state index contributed by atoms with van der Waals surface area (Å²) in [7, 11) is 4.28. The highest BCUT2D eigenvalue weighted by Crippen LogP contribution is 2.24. The Balaban J connectivity index is 1.41. The summed E-state index contributed by atoms with van der Waals surface area (Å²) in [6, 6.07) is 10.8. The van der Waals surface area contributed by atoms with Gasteiger partial charge in [-0.05, 0) is 44.0 Å². The summed E-state index contributed by atoms with van der Waals surface area (Å²) in [5.74, 6) is 0.543. The van der Waals surface area contributed by atoms with Gasteiger partial charge in [-0.25, -0.2) is 0 Å². The zero-order valence-corrected chi connectivity index (χ0v) is 16.0. The number of amides is 1. The maximum atomic E-state index is 12.9. The molecule has 26 heavy (non-hydrogen) atoms. The number of likely N-dealkylation sites (N-methyl/N-ethyl adjacent to an activating group) is 1. The Morgan fingerprint density at radius 1 is 1.08 bits per heavy atom. The molecule has 4 rings (SSSR count). The minimum absolute atomic E-state index is 0.168. The van der Waals surface area contributed by atoms with Crippen molar-refractivity contribution in [3.8, 4) is 0 Å². The van der Waals surface area contributed by atoms with E-state index in [1.165, 1.54) is 16.6 Å². The topological polar surface area (TPSA) is 31.7 Å². The Kier molecular flexibility index (Phi) is 5.00.